The summed E-state index contributed by atoms with van der Waals surface area (Å²) in [5, 5.41) is 11.5. The molecule has 0 amide bonds. The standard InChI is InChI=1S/C17H13NO3S2/c1-2-10-5-3-4-6-11(10)14(19)13-9-18-16(23-13)12-7-8-22-15(12)17(20)21/h3-9H,2H2,1H3,(H,20,21). The first kappa shape index (κ1) is 15.6. The molecule has 0 radical (unpaired) electrons. The molecule has 4 nitrogen and oxygen atoms in total. The van der Waals surface area contributed by atoms with Crippen LogP contribution in [0.3, 0.4) is 0 Å². The highest BCUT2D eigenvalue weighted by Crippen LogP contribution is 2.32. The number of hydrogen-bond acceptors (Lipinski definition) is 5. The van der Waals surface area contributed by atoms with Crippen molar-refractivity contribution in [2.75, 3.05) is 0 Å². The number of aryl methyl sites for hydroxylation is 1. The van der Waals surface area contributed by atoms with E-state index in [4.69, 9.17) is 0 Å². The number of thiazole rings is 1. The fraction of sp³-hybridized carbons (Fsp3) is 0.118. The summed E-state index contributed by atoms with van der Waals surface area (Å²) in [5.41, 5.74) is 2.23. The highest BCUT2D eigenvalue weighted by molar-refractivity contribution is 7.18. The minimum atomic E-state index is -0.977. The maximum absolute atomic E-state index is 12.7. The molecule has 3 rings (SSSR count). The van der Waals surface area contributed by atoms with Crippen LogP contribution >= 0.6 is 22.7 Å². The summed E-state index contributed by atoms with van der Waals surface area (Å²) in [4.78, 5) is 28.9. The Bertz CT molecular complexity index is 879. The van der Waals surface area contributed by atoms with E-state index in [2.05, 4.69) is 4.98 Å². The van der Waals surface area contributed by atoms with Crippen LogP contribution in [0.15, 0.2) is 41.9 Å². The Kier molecular flexibility index (Phi) is 4.36. The van der Waals surface area contributed by atoms with Crippen LogP contribution < -0.4 is 0 Å². The number of aromatic carboxylic acids is 1. The van der Waals surface area contributed by atoms with E-state index in [9.17, 15) is 14.7 Å². The van der Waals surface area contributed by atoms with Crippen molar-refractivity contribution in [2.24, 2.45) is 0 Å². The van der Waals surface area contributed by atoms with E-state index < -0.39 is 5.97 Å². The number of benzene rings is 1. The lowest BCUT2D eigenvalue weighted by molar-refractivity contribution is 0.0702. The van der Waals surface area contributed by atoms with Crippen LogP contribution in [0.4, 0.5) is 0 Å². The average molecular weight is 343 g/mol. The van der Waals surface area contributed by atoms with E-state index in [0.717, 1.165) is 23.3 Å². The van der Waals surface area contributed by atoms with Gasteiger partial charge in [0.15, 0.2) is 0 Å². The maximum Gasteiger partial charge on any atom is 0.346 e. The fourth-order valence-corrected chi connectivity index (χ4v) is 4.03. The summed E-state index contributed by atoms with van der Waals surface area (Å²) < 4.78 is 0. The monoisotopic (exact) mass is 343 g/mol. The molecule has 2 heterocycles. The van der Waals surface area contributed by atoms with Crippen molar-refractivity contribution in [3.8, 4) is 10.6 Å². The molecule has 23 heavy (non-hydrogen) atoms. The molecule has 0 bridgehead atoms. The molecule has 0 aliphatic rings. The predicted octanol–water partition coefficient (Wildman–Crippen LogP) is 4.36. The first-order valence-corrected chi connectivity index (χ1v) is 8.71. The molecule has 0 aliphatic carbocycles. The van der Waals surface area contributed by atoms with Crippen molar-refractivity contribution < 1.29 is 14.7 Å². The lowest BCUT2D eigenvalue weighted by Gasteiger charge is -2.04. The SMILES string of the molecule is CCc1ccccc1C(=O)c1cnc(-c2ccsc2C(=O)O)s1. The molecule has 3 aromatic rings. The summed E-state index contributed by atoms with van der Waals surface area (Å²) in [7, 11) is 0. The maximum atomic E-state index is 12.7. The van der Waals surface area contributed by atoms with Crippen LogP contribution in [-0.4, -0.2) is 21.8 Å². The number of thiophene rings is 1. The zero-order chi connectivity index (χ0) is 16.4. The van der Waals surface area contributed by atoms with E-state index in [0.29, 0.717) is 21.0 Å². The Morgan fingerprint density at radius 1 is 1.22 bits per heavy atom. The van der Waals surface area contributed by atoms with Crippen LogP contribution in [0.25, 0.3) is 10.6 Å². The Labute approximate surface area is 141 Å². The summed E-state index contributed by atoms with van der Waals surface area (Å²) in [6.45, 7) is 2.01. The molecular weight excluding hydrogens is 330 g/mol. The summed E-state index contributed by atoms with van der Waals surface area (Å²) in [6, 6.07) is 9.24. The molecule has 0 unspecified atom stereocenters. The molecule has 116 valence electrons. The Morgan fingerprint density at radius 3 is 2.74 bits per heavy atom. The zero-order valence-corrected chi connectivity index (χ0v) is 13.9. The second-order valence-electron chi connectivity index (χ2n) is 4.84. The van der Waals surface area contributed by atoms with Crippen molar-refractivity contribution in [1.82, 2.24) is 4.98 Å². The number of carbonyl (C=O) groups is 2. The third kappa shape index (κ3) is 2.95. The normalized spacial score (nSPS) is 10.7. The van der Waals surface area contributed by atoms with Crippen molar-refractivity contribution >= 4 is 34.4 Å². The summed E-state index contributed by atoms with van der Waals surface area (Å²) >= 11 is 2.38. The van der Waals surface area contributed by atoms with Crippen molar-refractivity contribution in [1.29, 1.82) is 0 Å². The zero-order valence-electron chi connectivity index (χ0n) is 12.3. The highest BCUT2D eigenvalue weighted by atomic mass is 32.1. The smallest absolute Gasteiger partial charge is 0.346 e. The Hall–Kier alpha value is -2.31. The molecule has 1 aromatic carbocycles. The number of hydrogen-bond donors (Lipinski definition) is 1. The second kappa shape index (κ2) is 6.44. The van der Waals surface area contributed by atoms with Gasteiger partial charge in [0, 0.05) is 17.3 Å². The molecule has 2 aromatic heterocycles. The number of aromatic nitrogens is 1. The molecule has 0 spiro atoms. The van der Waals surface area contributed by atoms with Gasteiger partial charge in [0.2, 0.25) is 5.78 Å². The van der Waals surface area contributed by atoms with Crippen molar-refractivity contribution in [3.63, 3.8) is 0 Å². The minimum Gasteiger partial charge on any atom is -0.477 e. The third-order valence-corrected chi connectivity index (χ3v) is 5.39. The van der Waals surface area contributed by atoms with Gasteiger partial charge in [-0.05, 0) is 23.4 Å². The van der Waals surface area contributed by atoms with Crippen LogP contribution in [-0.2, 0) is 6.42 Å². The van der Waals surface area contributed by atoms with Crippen LogP contribution in [0.2, 0.25) is 0 Å². The molecule has 0 aliphatic heterocycles. The van der Waals surface area contributed by atoms with Crippen LogP contribution in [0.5, 0.6) is 0 Å². The van der Waals surface area contributed by atoms with E-state index in [1.54, 1.807) is 11.4 Å². The lowest BCUT2D eigenvalue weighted by Crippen LogP contribution is -2.02. The molecule has 0 fully saturated rings. The van der Waals surface area contributed by atoms with E-state index in [1.807, 2.05) is 31.2 Å². The summed E-state index contributed by atoms with van der Waals surface area (Å²) in [6.07, 6.45) is 2.30. The first-order valence-electron chi connectivity index (χ1n) is 7.01. The molecule has 6 heteroatoms. The van der Waals surface area contributed by atoms with Gasteiger partial charge < -0.3 is 5.11 Å². The highest BCUT2D eigenvalue weighted by Gasteiger charge is 2.19. The first-order chi connectivity index (χ1) is 11.1. The van der Waals surface area contributed by atoms with Gasteiger partial charge in [-0.25, -0.2) is 9.78 Å². The topological polar surface area (TPSA) is 67.3 Å². The lowest BCUT2D eigenvalue weighted by atomic mass is 10.0. The van der Waals surface area contributed by atoms with Gasteiger partial charge in [0.25, 0.3) is 0 Å². The van der Waals surface area contributed by atoms with Gasteiger partial charge in [0.1, 0.15) is 9.88 Å². The number of ketones is 1. The second-order valence-corrected chi connectivity index (χ2v) is 6.78. The van der Waals surface area contributed by atoms with Crippen molar-refractivity contribution in [3.05, 3.63) is 62.8 Å². The largest absolute Gasteiger partial charge is 0.477 e. The number of carboxylic acid groups (broad SMARTS) is 1. The van der Waals surface area contributed by atoms with Crippen molar-refractivity contribution in [2.45, 2.75) is 13.3 Å². The number of nitrogens with zero attached hydrogens (tertiary/aromatic N) is 1. The van der Waals surface area contributed by atoms with Gasteiger partial charge in [-0.2, -0.15) is 0 Å². The van der Waals surface area contributed by atoms with E-state index in [1.165, 1.54) is 17.5 Å². The predicted molar refractivity (Wildman–Crippen MR) is 91.6 cm³/mol. The molecule has 0 saturated carbocycles. The molecule has 0 saturated heterocycles. The Balaban J connectivity index is 1.97. The minimum absolute atomic E-state index is 0.0710. The van der Waals surface area contributed by atoms with E-state index in [-0.39, 0.29) is 10.7 Å². The van der Waals surface area contributed by atoms with Crippen LogP contribution in [0.1, 0.15) is 37.4 Å². The Morgan fingerprint density at radius 2 is 2.00 bits per heavy atom. The van der Waals surface area contributed by atoms with E-state index >= 15 is 0 Å². The van der Waals surface area contributed by atoms with Gasteiger partial charge in [-0.1, -0.05) is 31.2 Å². The molecule has 0 atom stereocenters. The fourth-order valence-electron chi connectivity index (χ4n) is 2.33. The number of carbonyl (C=O) groups excluding carboxylic acids is 1. The third-order valence-electron chi connectivity index (χ3n) is 3.46. The van der Waals surface area contributed by atoms with Gasteiger partial charge in [0.05, 0.1) is 4.88 Å². The van der Waals surface area contributed by atoms with Crippen LogP contribution in [0, 0.1) is 0 Å². The number of rotatable bonds is 5. The van der Waals surface area contributed by atoms with Gasteiger partial charge in [-0.15, -0.1) is 22.7 Å². The molecular formula is C17H13NO3S2. The number of carboxylic acids is 1. The average Bonchev–Trinajstić information content (AvgIpc) is 3.22. The van der Waals surface area contributed by atoms with Gasteiger partial charge >= 0.3 is 5.97 Å². The quantitative estimate of drug-likeness (QED) is 0.699. The van der Waals surface area contributed by atoms with Gasteiger partial charge in [-0.3, -0.25) is 4.79 Å². The summed E-state index contributed by atoms with van der Waals surface area (Å²) in [5.74, 6) is -1.05. The molecule has 1 N–H and O–H groups in total.